The van der Waals surface area contributed by atoms with E-state index in [0.29, 0.717) is 6.61 Å². The normalized spacial score (nSPS) is 21.5. The van der Waals surface area contributed by atoms with E-state index in [1.165, 1.54) is 4.90 Å². The molecule has 0 aliphatic carbocycles. The highest BCUT2D eigenvalue weighted by atomic mass is 35.5. The standard InChI is InChI=1S/C13H17NO2S.ClH/c1-13(2)8-16-12(15)14-11(13)9-4-6-10(17-3)7-5-9;/h4-7,11H,8H2,1-3H3,(H,14,15);1H/t11-;/m1./s1. The van der Waals surface area contributed by atoms with Gasteiger partial charge >= 0.3 is 6.09 Å². The van der Waals surface area contributed by atoms with Crippen LogP contribution in [0.2, 0.25) is 0 Å². The van der Waals surface area contributed by atoms with E-state index in [1.54, 1.807) is 11.8 Å². The summed E-state index contributed by atoms with van der Waals surface area (Å²) in [6.45, 7) is 4.65. The fraction of sp³-hybridized carbons (Fsp3) is 0.462. The quantitative estimate of drug-likeness (QED) is 0.844. The molecule has 5 heteroatoms. The number of benzene rings is 1. The van der Waals surface area contributed by atoms with E-state index in [4.69, 9.17) is 4.74 Å². The van der Waals surface area contributed by atoms with Gasteiger partial charge in [0.05, 0.1) is 6.04 Å². The molecule has 0 unspecified atom stereocenters. The first-order valence-corrected chi connectivity index (χ1v) is 6.82. The number of ether oxygens (including phenoxy) is 1. The van der Waals surface area contributed by atoms with Crippen molar-refractivity contribution in [3.63, 3.8) is 0 Å². The van der Waals surface area contributed by atoms with E-state index < -0.39 is 0 Å². The summed E-state index contributed by atoms with van der Waals surface area (Å²) in [5.41, 5.74) is 1.04. The van der Waals surface area contributed by atoms with Gasteiger partial charge in [-0.2, -0.15) is 0 Å². The third-order valence-electron chi connectivity index (χ3n) is 3.07. The molecule has 3 nitrogen and oxygen atoms in total. The molecule has 0 aromatic heterocycles. The van der Waals surface area contributed by atoms with Gasteiger partial charge in [0.25, 0.3) is 0 Å². The zero-order valence-electron chi connectivity index (χ0n) is 10.7. The summed E-state index contributed by atoms with van der Waals surface area (Å²) < 4.78 is 5.04. The predicted octanol–water partition coefficient (Wildman–Crippen LogP) is 3.64. The summed E-state index contributed by atoms with van der Waals surface area (Å²) in [6.07, 6.45) is 1.72. The first-order valence-electron chi connectivity index (χ1n) is 5.60. The Morgan fingerprint density at radius 3 is 2.50 bits per heavy atom. The molecule has 1 N–H and O–H groups in total. The van der Waals surface area contributed by atoms with Crippen molar-refractivity contribution in [3.8, 4) is 0 Å². The highest BCUT2D eigenvalue weighted by Gasteiger charge is 2.37. The molecule has 1 heterocycles. The Kier molecular flexibility index (Phi) is 4.93. The van der Waals surface area contributed by atoms with E-state index in [2.05, 4.69) is 49.7 Å². The van der Waals surface area contributed by atoms with Crippen LogP contribution in [0, 0.1) is 5.41 Å². The van der Waals surface area contributed by atoms with Gasteiger partial charge in [0, 0.05) is 10.3 Å². The maximum atomic E-state index is 11.3. The number of amides is 1. The van der Waals surface area contributed by atoms with Crippen LogP contribution >= 0.6 is 24.2 Å². The molecular weight excluding hydrogens is 270 g/mol. The number of alkyl carbamates (subject to hydrolysis) is 1. The van der Waals surface area contributed by atoms with E-state index >= 15 is 0 Å². The molecule has 18 heavy (non-hydrogen) atoms. The van der Waals surface area contributed by atoms with Gasteiger partial charge in [0.15, 0.2) is 0 Å². The SMILES string of the molecule is CSc1ccc([C@H]2NC(=O)OCC2(C)C)cc1.Cl. The predicted molar refractivity (Wildman–Crippen MR) is 76.5 cm³/mol. The molecule has 1 amide bonds. The summed E-state index contributed by atoms with van der Waals surface area (Å²) in [5.74, 6) is 0. The molecule has 100 valence electrons. The number of nitrogens with one attached hydrogen (secondary N) is 1. The van der Waals surface area contributed by atoms with Gasteiger partial charge in [0.2, 0.25) is 0 Å². The van der Waals surface area contributed by atoms with Crippen LogP contribution in [-0.4, -0.2) is 19.0 Å². The van der Waals surface area contributed by atoms with E-state index in [1.807, 2.05) is 0 Å². The van der Waals surface area contributed by atoms with Crippen LogP contribution in [0.3, 0.4) is 0 Å². The van der Waals surface area contributed by atoms with Gasteiger partial charge in [-0.05, 0) is 24.0 Å². The van der Waals surface area contributed by atoms with Gasteiger partial charge in [-0.1, -0.05) is 26.0 Å². The van der Waals surface area contributed by atoms with Crippen molar-refractivity contribution in [2.45, 2.75) is 24.8 Å². The third kappa shape index (κ3) is 3.12. The smallest absolute Gasteiger partial charge is 0.407 e. The first-order chi connectivity index (χ1) is 8.03. The Hall–Kier alpha value is -0.870. The molecule has 2 rings (SSSR count). The number of thioether (sulfide) groups is 1. The van der Waals surface area contributed by atoms with Crippen molar-refractivity contribution >= 4 is 30.3 Å². The number of hydrogen-bond donors (Lipinski definition) is 1. The number of carbonyl (C=O) groups is 1. The third-order valence-corrected chi connectivity index (χ3v) is 3.81. The van der Waals surface area contributed by atoms with Gasteiger partial charge in [-0.3, -0.25) is 0 Å². The Bertz CT molecular complexity index is 420. The zero-order valence-corrected chi connectivity index (χ0v) is 12.4. The van der Waals surface area contributed by atoms with Crippen molar-refractivity contribution in [1.82, 2.24) is 5.32 Å². The van der Waals surface area contributed by atoms with Crippen LogP contribution in [0.4, 0.5) is 4.79 Å². The molecule has 1 saturated heterocycles. The van der Waals surface area contributed by atoms with Gasteiger partial charge < -0.3 is 10.1 Å². The monoisotopic (exact) mass is 287 g/mol. The van der Waals surface area contributed by atoms with Crippen molar-refractivity contribution < 1.29 is 9.53 Å². The minimum Gasteiger partial charge on any atom is -0.449 e. The fourth-order valence-electron chi connectivity index (χ4n) is 2.02. The van der Waals surface area contributed by atoms with Crippen LogP contribution in [-0.2, 0) is 4.74 Å². The second-order valence-electron chi connectivity index (χ2n) is 4.92. The second kappa shape index (κ2) is 5.85. The van der Waals surface area contributed by atoms with Crippen LogP contribution in [0.25, 0.3) is 0 Å². The lowest BCUT2D eigenvalue weighted by Crippen LogP contribution is -2.46. The minimum atomic E-state index is -0.330. The Morgan fingerprint density at radius 2 is 1.94 bits per heavy atom. The van der Waals surface area contributed by atoms with Crippen LogP contribution < -0.4 is 5.32 Å². The molecule has 0 spiro atoms. The summed E-state index contributed by atoms with van der Waals surface area (Å²) >= 11 is 1.71. The van der Waals surface area contributed by atoms with Crippen LogP contribution in [0.5, 0.6) is 0 Å². The first kappa shape index (κ1) is 15.2. The van der Waals surface area contributed by atoms with Crippen molar-refractivity contribution in [1.29, 1.82) is 0 Å². The molecule has 0 radical (unpaired) electrons. The van der Waals surface area contributed by atoms with Crippen LogP contribution in [0.15, 0.2) is 29.2 Å². The van der Waals surface area contributed by atoms with Crippen molar-refractivity contribution in [2.24, 2.45) is 5.41 Å². The van der Waals surface area contributed by atoms with Crippen molar-refractivity contribution in [2.75, 3.05) is 12.9 Å². The van der Waals surface area contributed by atoms with E-state index in [9.17, 15) is 4.79 Å². The fourth-order valence-corrected chi connectivity index (χ4v) is 2.43. The number of halogens is 1. The highest BCUT2D eigenvalue weighted by molar-refractivity contribution is 7.98. The Morgan fingerprint density at radius 1 is 1.33 bits per heavy atom. The van der Waals surface area contributed by atoms with E-state index in [0.717, 1.165) is 5.56 Å². The Balaban J connectivity index is 0.00000162. The van der Waals surface area contributed by atoms with Gasteiger partial charge in [-0.25, -0.2) is 4.79 Å². The number of rotatable bonds is 2. The molecule has 0 saturated carbocycles. The maximum Gasteiger partial charge on any atom is 0.407 e. The van der Waals surface area contributed by atoms with Crippen LogP contribution in [0.1, 0.15) is 25.5 Å². The van der Waals surface area contributed by atoms with E-state index in [-0.39, 0.29) is 30.0 Å². The largest absolute Gasteiger partial charge is 0.449 e. The summed E-state index contributed by atoms with van der Waals surface area (Å²) in [6, 6.07) is 8.32. The number of cyclic esters (lactones) is 1. The molecule has 0 bridgehead atoms. The number of hydrogen-bond acceptors (Lipinski definition) is 3. The van der Waals surface area contributed by atoms with Gasteiger partial charge in [0.1, 0.15) is 6.61 Å². The molecule has 1 aromatic rings. The number of carbonyl (C=O) groups excluding carboxylic acids is 1. The summed E-state index contributed by atoms with van der Waals surface area (Å²) in [5, 5.41) is 2.89. The lowest BCUT2D eigenvalue weighted by Gasteiger charge is -2.38. The summed E-state index contributed by atoms with van der Waals surface area (Å²) in [4.78, 5) is 12.5. The second-order valence-corrected chi connectivity index (χ2v) is 5.79. The molecule has 1 fully saturated rings. The lowest BCUT2D eigenvalue weighted by molar-refractivity contribution is 0.0387. The summed E-state index contributed by atoms with van der Waals surface area (Å²) in [7, 11) is 0. The molecule has 1 aliphatic rings. The molecule has 1 aliphatic heterocycles. The topological polar surface area (TPSA) is 38.3 Å². The zero-order chi connectivity index (χ0) is 12.5. The highest BCUT2D eigenvalue weighted by Crippen LogP contribution is 2.36. The average Bonchev–Trinajstić information content (AvgIpc) is 2.33. The Labute approximate surface area is 118 Å². The average molecular weight is 288 g/mol. The maximum absolute atomic E-state index is 11.3. The minimum absolute atomic E-state index is 0. The lowest BCUT2D eigenvalue weighted by atomic mass is 9.80. The van der Waals surface area contributed by atoms with Crippen molar-refractivity contribution in [3.05, 3.63) is 29.8 Å². The molecule has 1 aromatic carbocycles. The molecular formula is C13H18ClNO2S. The van der Waals surface area contributed by atoms with Gasteiger partial charge in [-0.15, -0.1) is 24.2 Å². The molecule has 1 atom stereocenters.